The van der Waals surface area contributed by atoms with Crippen LogP contribution in [0.3, 0.4) is 0 Å². The van der Waals surface area contributed by atoms with E-state index in [0.717, 1.165) is 33.9 Å². The van der Waals surface area contributed by atoms with Gasteiger partial charge in [0.25, 0.3) is 0 Å². The molecule has 3 aromatic heterocycles. The van der Waals surface area contributed by atoms with Gasteiger partial charge in [0.15, 0.2) is 5.82 Å². The van der Waals surface area contributed by atoms with Crippen molar-refractivity contribution in [2.75, 3.05) is 5.32 Å². The second-order valence-corrected chi connectivity index (χ2v) is 7.16. The van der Waals surface area contributed by atoms with E-state index in [1.165, 1.54) is 16.9 Å². The topological polar surface area (TPSA) is 73.5 Å². The molecule has 0 atom stereocenters. The summed E-state index contributed by atoms with van der Waals surface area (Å²) in [5.41, 5.74) is 3.34. The van der Waals surface area contributed by atoms with Crippen LogP contribution in [0, 0.1) is 13.8 Å². The van der Waals surface area contributed by atoms with Crippen LogP contribution in [0.4, 0.5) is 10.9 Å². The highest BCUT2D eigenvalue weighted by atomic mass is 32.1. The van der Waals surface area contributed by atoms with Gasteiger partial charge in [0, 0.05) is 18.0 Å². The first-order valence-corrected chi connectivity index (χ1v) is 9.15. The van der Waals surface area contributed by atoms with Gasteiger partial charge in [-0.05, 0) is 25.5 Å². The molecule has 1 N–H and O–H groups in total. The van der Waals surface area contributed by atoms with Crippen molar-refractivity contribution in [1.29, 1.82) is 0 Å². The Balaban J connectivity index is 1.40. The molecule has 0 aliphatic rings. The lowest BCUT2D eigenvalue weighted by atomic mass is 10.2. The molecular weight excluding hydrogens is 346 g/mol. The lowest BCUT2D eigenvalue weighted by Gasteiger charge is -2.01. The van der Waals surface area contributed by atoms with Crippen molar-refractivity contribution < 1.29 is 0 Å². The molecule has 0 bridgehead atoms. The smallest absolute Gasteiger partial charge is 0.211 e. The second kappa shape index (κ2) is 7.09. The minimum absolute atomic E-state index is 0.626. The Morgan fingerprint density at radius 1 is 1.00 bits per heavy atom. The molecular formula is C18H19N7S. The maximum Gasteiger partial charge on any atom is 0.211 e. The molecule has 0 radical (unpaired) electrons. The minimum atomic E-state index is 0.626. The van der Waals surface area contributed by atoms with Crippen molar-refractivity contribution in [3.8, 4) is 0 Å². The summed E-state index contributed by atoms with van der Waals surface area (Å²) in [6.45, 7) is 5.39. The van der Waals surface area contributed by atoms with Crippen molar-refractivity contribution >= 4 is 22.3 Å². The number of aryl methyl sites for hydroxylation is 2. The van der Waals surface area contributed by atoms with E-state index in [2.05, 4.69) is 43.9 Å². The maximum absolute atomic E-state index is 4.54. The molecule has 4 aromatic rings. The van der Waals surface area contributed by atoms with Crippen LogP contribution >= 0.6 is 11.3 Å². The SMILES string of the molecule is Cc1cc(C)n(Cc2nnc(Nc3ccn(Cc4ccccc4)n3)s2)n1. The fourth-order valence-electron chi connectivity index (χ4n) is 2.73. The Bertz CT molecular complexity index is 1000. The van der Waals surface area contributed by atoms with Crippen LogP contribution in [0.2, 0.25) is 0 Å². The summed E-state index contributed by atoms with van der Waals surface area (Å²) in [6, 6.07) is 14.2. The molecule has 0 saturated carbocycles. The van der Waals surface area contributed by atoms with Crippen LogP contribution < -0.4 is 5.32 Å². The fraction of sp³-hybridized carbons (Fsp3) is 0.222. The lowest BCUT2D eigenvalue weighted by molar-refractivity contribution is 0.651. The molecule has 8 heteroatoms. The van der Waals surface area contributed by atoms with Crippen molar-refractivity contribution in [3.63, 3.8) is 0 Å². The largest absolute Gasteiger partial charge is 0.313 e. The Labute approximate surface area is 155 Å². The first-order chi connectivity index (χ1) is 12.7. The maximum atomic E-state index is 4.54. The number of benzene rings is 1. The van der Waals surface area contributed by atoms with Gasteiger partial charge in [-0.15, -0.1) is 10.2 Å². The van der Waals surface area contributed by atoms with E-state index in [0.29, 0.717) is 6.54 Å². The monoisotopic (exact) mass is 365 g/mol. The zero-order valence-electron chi connectivity index (χ0n) is 14.6. The number of hydrogen-bond acceptors (Lipinski definition) is 6. The van der Waals surface area contributed by atoms with E-state index in [1.807, 2.05) is 53.7 Å². The molecule has 0 aliphatic heterocycles. The van der Waals surface area contributed by atoms with Gasteiger partial charge in [-0.1, -0.05) is 41.7 Å². The molecule has 4 rings (SSSR count). The highest BCUT2D eigenvalue weighted by molar-refractivity contribution is 7.15. The number of nitrogens with zero attached hydrogens (tertiary/aromatic N) is 6. The van der Waals surface area contributed by atoms with Crippen molar-refractivity contribution in [1.82, 2.24) is 29.8 Å². The average molecular weight is 365 g/mol. The van der Waals surface area contributed by atoms with Crippen LogP contribution in [0.5, 0.6) is 0 Å². The third-order valence-electron chi connectivity index (χ3n) is 3.92. The number of anilines is 2. The van der Waals surface area contributed by atoms with Crippen LogP contribution in [-0.2, 0) is 13.1 Å². The summed E-state index contributed by atoms with van der Waals surface area (Å²) in [5.74, 6) is 0.759. The molecule has 1 aromatic carbocycles. The molecule has 0 fully saturated rings. The molecule has 0 saturated heterocycles. The zero-order chi connectivity index (χ0) is 17.9. The number of rotatable bonds is 6. The Kier molecular flexibility index (Phi) is 4.49. The highest BCUT2D eigenvalue weighted by Crippen LogP contribution is 2.20. The molecule has 26 heavy (non-hydrogen) atoms. The zero-order valence-corrected chi connectivity index (χ0v) is 15.4. The van der Waals surface area contributed by atoms with Gasteiger partial charge in [0.05, 0.1) is 18.8 Å². The Morgan fingerprint density at radius 3 is 2.62 bits per heavy atom. The van der Waals surface area contributed by atoms with Crippen LogP contribution in [0.1, 0.15) is 22.0 Å². The molecule has 0 aliphatic carbocycles. The third kappa shape index (κ3) is 3.80. The summed E-state index contributed by atoms with van der Waals surface area (Å²) in [4.78, 5) is 0. The summed E-state index contributed by atoms with van der Waals surface area (Å²) < 4.78 is 3.84. The van der Waals surface area contributed by atoms with E-state index in [4.69, 9.17) is 0 Å². The molecule has 0 amide bonds. The van der Waals surface area contributed by atoms with Gasteiger partial charge < -0.3 is 5.32 Å². The summed E-state index contributed by atoms with van der Waals surface area (Å²) in [6.07, 6.45) is 1.95. The van der Waals surface area contributed by atoms with Crippen molar-refractivity contribution in [3.05, 3.63) is 70.6 Å². The quantitative estimate of drug-likeness (QED) is 0.567. The first-order valence-electron chi connectivity index (χ1n) is 8.33. The van der Waals surface area contributed by atoms with Gasteiger partial charge in [-0.25, -0.2) is 0 Å². The molecule has 3 heterocycles. The Hall–Kier alpha value is -3.00. The van der Waals surface area contributed by atoms with E-state index in [9.17, 15) is 0 Å². The van der Waals surface area contributed by atoms with Gasteiger partial charge in [-0.2, -0.15) is 10.2 Å². The van der Waals surface area contributed by atoms with Gasteiger partial charge in [0.2, 0.25) is 5.13 Å². The van der Waals surface area contributed by atoms with Crippen molar-refractivity contribution in [2.24, 2.45) is 0 Å². The molecule has 0 spiro atoms. The number of hydrogen-bond donors (Lipinski definition) is 1. The fourth-order valence-corrected chi connectivity index (χ4v) is 3.46. The normalized spacial score (nSPS) is 11.0. The van der Waals surface area contributed by atoms with Crippen LogP contribution in [0.15, 0.2) is 48.7 Å². The molecule has 7 nitrogen and oxygen atoms in total. The molecule has 0 unspecified atom stereocenters. The van der Waals surface area contributed by atoms with Crippen LogP contribution in [-0.4, -0.2) is 29.8 Å². The van der Waals surface area contributed by atoms with E-state index < -0.39 is 0 Å². The van der Waals surface area contributed by atoms with Crippen LogP contribution in [0.25, 0.3) is 0 Å². The van der Waals surface area contributed by atoms with Gasteiger partial charge >= 0.3 is 0 Å². The van der Waals surface area contributed by atoms with Crippen molar-refractivity contribution in [2.45, 2.75) is 26.9 Å². The summed E-state index contributed by atoms with van der Waals surface area (Å²) in [5, 5.41) is 22.3. The summed E-state index contributed by atoms with van der Waals surface area (Å²) >= 11 is 1.51. The van der Waals surface area contributed by atoms with E-state index in [-0.39, 0.29) is 0 Å². The lowest BCUT2D eigenvalue weighted by Crippen LogP contribution is -2.03. The predicted molar refractivity (Wildman–Crippen MR) is 102 cm³/mol. The first kappa shape index (κ1) is 16.5. The highest BCUT2D eigenvalue weighted by Gasteiger charge is 2.09. The Morgan fingerprint density at radius 2 is 1.85 bits per heavy atom. The van der Waals surface area contributed by atoms with E-state index in [1.54, 1.807) is 0 Å². The summed E-state index contributed by atoms with van der Waals surface area (Å²) in [7, 11) is 0. The predicted octanol–water partition coefficient (Wildman–Crippen LogP) is 3.39. The molecule has 132 valence electrons. The van der Waals surface area contributed by atoms with Gasteiger partial charge in [-0.3, -0.25) is 9.36 Å². The average Bonchev–Trinajstić information content (AvgIpc) is 3.32. The van der Waals surface area contributed by atoms with Gasteiger partial charge in [0.1, 0.15) is 5.01 Å². The standard InChI is InChI=1S/C18H19N7S/c1-13-10-14(2)25(22-13)12-17-20-21-18(26-17)19-16-8-9-24(23-16)11-15-6-4-3-5-7-15/h3-10H,11-12H2,1-2H3,(H,19,21,23). The minimum Gasteiger partial charge on any atom is -0.313 e. The second-order valence-electron chi connectivity index (χ2n) is 6.09. The van der Waals surface area contributed by atoms with E-state index >= 15 is 0 Å². The third-order valence-corrected chi connectivity index (χ3v) is 4.74. The number of aromatic nitrogens is 6. The number of nitrogens with one attached hydrogen (secondary N) is 1.